The monoisotopic (exact) mass is 272 g/mol. The van der Waals surface area contributed by atoms with Crippen LogP contribution in [0.4, 0.5) is 4.79 Å². The van der Waals surface area contributed by atoms with Crippen molar-refractivity contribution < 1.29 is 24.2 Å². The van der Waals surface area contributed by atoms with Crippen LogP contribution in [-0.2, 0) is 11.3 Å². The predicted octanol–water partition coefficient (Wildman–Crippen LogP) is 3.10. The first-order chi connectivity index (χ1) is 9.65. The average molecular weight is 272 g/mol. The number of aromatic carboxylic acids is 1. The first kappa shape index (κ1) is 13.6. The lowest BCUT2D eigenvalue weighted by Gasteiger charge is -2.06. The van der Waals surface area contributed by atoms with Gasteiger partial charge in [-0.1, -0.05) is 30.3 Å². The van der Waals surface area contributed by atoms with Gasteiger partial charge in [-0.25, -0.2) is 9.59 Å². The maximum absolute atomic E-state index is 11.4. The summed E-state index contributed by atoms with van der Waals surface area (Å²) in [5.74, 6) is -0.809. The lowest BCUT2D eigenvalue weighted by atomic mass is 10.2. The molecule has 0 spiro atoms. The van der Waals surface area contributed by atoms with Crippen molar-refractivity contribution in [2.24, 2.45) is 0 Å². The van der Waals surface area contributed by atoms with Crippen LogP contribution in [0.25, 0.3) is 0 Å². The van der Waals surface area contributed by atoms with Gasteiger partial charge in [-0.15, -0.1) is 0 Å². The number of hydrogen-bond acceptors (Lipinski definition) is 4. The Balaban J connectivity index is 1.86. The van der Waals surface area contributed by atoms with Gasteiger partial charge in [0.25, 0.3) is 0 Å². The fourth-order valence-electron chi connectivity index (χ4n) is 1.51. The molecule has 0 aliphatic heterocycles. The topological polar surface area (TPSA) is 72.8 Å². The fourth-order valence-corrected chi connectivity index (χ4v) is 1.51. The Labute approximate surface area is 115 Å². The van der Waals surface area contributed by atoms with Gasteiger partial charge in [0.1, 0.15) is 12.4 Å². The largest absolute Gasteiger partial charge is 0.514 e. The van der Waals surface area contributed by atoms with E-state index in [2.05, 4.69) is 0 Å². The Morgan fingerprint density at radius 3 is 2.20 bits per heavy atom. The summed E-state index contributed by atoms with van der Waals surface area (Å²) in [4.78, 5) is 22.1. The van der Waals surface area contributed by atoms with Crippen molar-refractivity contribution in [2.75, 3.05) is 0 Å². The van der Waals surface area contributed by atoms with Crippen molar-refractivity contribution in [3.8, 4) is 5.75 Å². The van der Waals surface area contributed by atoms with Crippen LogP contribution in [0.3, 0.4) is 0 Å². The number of hydrogen-bond donors (Lipinski definition) is 1. The van der Waals surface area contributed by atoms with Gasteiger partial charge in [-0.05, 0) is 29.8 Å². The minimum Gasteiger partial charge on any atom is -0.478 e. The van der Waals surface area contributed by atoms with E-state index in [9.17, 15) is 9.59 Å². The lowest BCUT2D eigenvalue weighted by Crippen LogP contribution is -2.10. The highest BCUT2D eigenvalue weighted by Crippen LogP contribution is 2.13. The van der Waals surface area contributed by atoms with Crippen LogP contribution in [0.15, 0.2) is 54.6 Å². The van der Waals surface area contributed by atoms with E-state index in [4.69, 9.17) is 14.6 Å². The molecular weight excluding hydrogens is 260 g/mol. The van der Waals surface area contributed by atoms with Crippen molar-refractivity contribution in [1.29, 1.82) is 0 Å². The van der Waals surface area contributed by atoms with Crippen LogP contribution in [0.1, 0.15) is 15.9 Å². The molecule has 0 aliphatic rings. The van der Waals surface area contributed by atoms with Crippen molar-refractivity contribution >= 4 is 12.1 Å². The number of ether oxygens (including phenoxy) is 2. The first-order valence-corrected chi connectivity index (χ1v) is 5.87. The Hall–Kier alpha value is -2.82. The summed E-state index contributed by atoms with van der Waals surface area (Å²) >= 11 is 0. The number of carbonyl (C=O) groups excluding carboxylic acids is 1. The third-order valence-corrected chi connectivity index (χ3v) is 2.50. The van der Waals surface area contributed by atoms with Crippen molar-refractivity contribution in [1.82, 2.24) is 0 Å². The highest BCUT2D eigenvalue weighted by atomic mass is 16.7. The molecule has 0 atom stereocenters. The highest BCUT2D eigenvalue weighted by molar-refractivity contribution is 5.87. The van der Waals surface area contributed by atoms with E-state index in [1.165, 1.54) is 24.3 Å². The van der Waals surface area contributed by atoms with E-state index in [0.717, 1.165) is 5.56 Å². The van der Waals surface area contributed by atoms with Gasteiger partial charge in [0, 0.05) is 0 Å². The molecule has 0 aliphatic carbocycles. The zero-order chi connectivity index (χ0) is 14.4. The summed E-state index contributed by atoms with van der Waals surface area (Å²) in [6.45, 7) is 0.118. The SMILES string of the molecule is O=C(OCc1ccccc1)Oc1ccc(C(=O)O)cc1. The summed E-state index contributed by atoms with van der Waals surface area (Å²) in [5.41, 5.74) is 0.973. The van der Waals surface area contributed by atoms with Crippen molar-refractivity contribution in [3.63, 3.8) is 0 Å². The maximum Gasteiger partial charge on any atom is 0.514 e. The minimum absolute atomic E-state index is 0.118. The van der Waals surface area contributed by atoms with Crippen LogP contribution in [-0.4, -0.2) is 17.2 Å². The molecule has 5 heteroatoms. The summed E-state index contributed by atoms with van der Waals surface area (Å²) < 4.78 is 9.85. The zero-order valence-electron chi connectivity index (χ0n) is 10.5. The summed E-state index contributed by atoms with van der Waals surface area (Å²) in [6, 6.07) is 14.7. The van der Waals surface area contributed by atoms with Crippen LogP contribution in [0.2, 0.25) is 0 Å². The smallest absolute Gasteiger partial charge is 0.478 e. The molecule has 0 bridgehead atoms. The van der Waals surface area contributed by atoms with Gasteiger partial charge in [-0.3, -0.25) is 0 Å². The summed E-state index contributed by atoms with van der Waals surface area (Å²) in [7, 11) is 0. The number of carbonyl (C=O) groups is 2. The highest BCUT2D eigenvalue weighted by Gasteiger charge is 2.08. The van der Waals surface area contributed by atoms with Gasteiger partial charge in [0.15, 0.2) is 0 Å². The van der Waals surface area contributed by atoms with E-state index in [1.54, 1.807) is 0 Å². The molecule has 0 radical (unpaired) electrons. The van der Waals surface area contributed by atoms with Crippen LogP contribution in [0, 0.1) is 0 Å². The van der Waals surface area contributed by atoms with Crippen molar-refractivity contribution in [2.45, 2.75) is 6.61 Å². The number of carboxylic acid groups (broad SMARTS) is 1. The Kier molecular flexibility index (Phi) is 4.34. The lowest BCUT2D eigenvalue weighted by molar-refractivity contribution is 0.0697. The molecular formula is C15H12O5. The minimum atomic E-state index is -1.04. The van der Waals surface area contributed by atoms with Gasteiger partial charge in [-0.2, -0.15) is 0 Å². The van der Waals surface area contributed by atoms with Gasteiger partial charge < -0.3 is 14.6 Å². The molecule has 0 aromatic heterocycles. The Morgan fingerprint density at radius 2 is 1.60 bits per heavy atom. The van der Waals surface area contributed by atoms with E-state index in [-0.39, 0.29) is 17.9 Å². The maximum atomic E-state index is 11.4. The second kappa shape index (κ2) is 6.38. The molecule has 20 heavy (non-hydrogen) atoms. The molecule has 1 N–H and O–H groups in total. The molecule has 0 fully saturated rings. The number of carboxylic acids is 1. The second-order valence-electron chi connectivity index (χ2n) is 3.96. The molecule has 5 nitrogen and oxygen atoms in total. The third kappa shape index (κ3) is 3.84. The van der Waals surface area contributed by atoms with Crippen LogP contribution >= 0.6 is 0 Å². The number of benzene rings is 2. The molecule has 0 unspecified atom stereocenters. The third-order valence-electron chi connectivity index (χ3n) is 2.50. The van der Waals surface area contributed by atoms with E-state index in [1.807, 2.05) is 30.3 Å². The van der Waals surface area contributed by atoms with Gasteiger partial charge in [0.05, 0.1) is 5.56 Å². The molecule has 2 aromatic carbocycles. The van der Waals surface area contributed by atoms with Gasteiger partial charge in [0.2, 0.25) is 0 Å². The molecule has 102 valence electrons. The normalized spacial score (nSPS) is 9.80. The van der Waals surface area contributed by atoms with E-state index in [0.29, 0.717) is 0 Å². The molecule has 0 heterocycles. The van der Waals surface area contributed by atoms with E-state index >= 15 is 0 Å². The number of rotatable bonds is 4. The average Bonchev–Trinajstić information content (AvgIpc) is 2.47. The Bertz CT molecular complexity index is 589. The fraction of sp³-hybridized carbons (Fsp3) is 0.0667. The predicted molar refractivity (Wildman–Crippen MR) is 70.7 cm³/mol. The molecule has 2 aromatic rings. The standard InChI is InChI=1S/C15H12O5/c16-14(17)12-6-8-13(9-7-12)20-15(18)19-10-11-4-2-1-3-5-11/h1-9H,10H2,(H,16,17). The molecule has 2 rings (SSSR count). The quantitative estimate of drug-likeness (QED) is 0.684. The zero-order valence-corrected chi connectivity index (χ0v) is 10.5. The first-order valence-electron chi connectivity index (χ1n) is 5.87. The van der Waals surface area contributed by atoms with Crippen LogP contribution < -0.4 is 4.74 Å². The Morgan fingerprint density at radius 1 is 0.950 bits per heavy atom. The van der Waals surface area contributed by atoms with Crippen molar-refractivity contribution in [3.05, 3.63) is 65.7 Å². The van der Waals surface area contributed by atoms with E-state index < -0.39 is 12.1 Å². The molecule has 0 amide bonds. The summed E-state index contributed by atoms with van der Waals surface area (Å²) in [5, 5.41) is 8.74. The summed E-state index contributed by atoms with van der Waals surface area (Å²) in [6.07, 6.45) is -0.836. The molecule has 0 saturated heterocycles. The molecule has 0 saturated carbocycles. The second-order valence-corrected chi connectivity index (χ2v) is 3.96. The van der Waals surface area contributed by atoms with Gasteiger partial charge >= 0.3 is 12.1 Å². The van der Waals surface area contributed by atoms with Crippen LogP contribution in [0.5, 0.6) is 5.75 Å².